The highest BCUT2D eigenvalue weighted by Gasteiger charge is 2.02. The normalized spacial score (nSPS) is 10.3. The lowest BCUT2D eigenvalue weighted by Crippen LogP contribution is -2.00. The molecule has 0 aliphatic heterocycles. The summed E-state index contributed by atoms with van der Waals surface area (Å²) in [5.41, 5.74) is 3.28. The number of aliphatic hydroxyl groups is 1. The van der Waals surface area contributed by atoms with Crippen molar-refractivity contribution in [1.82, 2.24) is 4.98 Å². The smallest absolute Gasteiger partial charge is 0.213 e. The van der Waals surface area contributed by atoms with Crippen LogP contribution in [0.25, 0.3) is 0 Å². The van der Waals surface area contributed by atoms with Gasteiger partial charge >= 0.3 is 0 Å². The van der Waals surface area contributed by atoms with Crippen LogP contribution in [0.5, 0.6) is 5.88 Å². The van der Waals surface area contributed by atoms with Crippen LogP contribution >= 0.6 is 0 Å². The third-order valence-electron chi connectivity index (χ3n) is 2.80. The summed E-state index contributed by atoms with van der Waals surface area (Å²) in [5, 5.41) is 8.91. The Balaban J connectivity index is 2.00. The topological polar surface area (TPSA) is 42.4 Å². The molecule has 0 aliphatic carbocycles. The molecule has 2 rings (SSSR count). The van der Waals surface area contributed by atoms with Gasteiger partial charge in [-0.3, -0.25) is 0 Å². The maximum Gasteiger partial charge on any atom is 0.213 e. The zero-order chi connectivity index (χ0) is 12.8. The van der Waals surface area contributed by atoms with E-state index in [-0.39, 0.29) is 6.61 Å². The Morgan fingerprint density at radius 1 is 1.22 bits per heavy atom. The highest BCUT2D eigenvalue weighted by molar-refractivity contribution is 5.28. The minimum atomic E-state index is 0.146. The van der Waals surface area contributed by atoms with Crippen LogP contribution in [-0.4, -0.2) is 16.7 Å². The second kappa shape index (κ2) is 6.17. The first-order valence-corrected chi connectivity index (χ1v) is 6.02. The SMILES string of the molecule is Cc1cc(OCc2ccccc2)ncc1CCO. The Hall–Kier alpha value is -1.87. The molecule has 2 aromatic rings. The summed E-state index contributed by atoms with van der Waals surface area (Å²) in [5.74, 6) is 0.623. The Morgan fingerprint density at radius 3 is 2.67 bits per heavy atom. The maximum atomic E-state index is 8.91. The molecule has 0 amide bonds. The quantitative estimate of drug-likeness (QED) is 0.877. The van der Waals surface area contributed by atoms with Gasteiger partial charge in [-0.1, -0.05) is 30.3 Å². The number of ether oxygens (including phenoxy) is 1. The molecule has 3 nitrogen and oxygen atoms in total. The Bertz CT molecular complexity index is 497. The number of rotatable bonds is 5. The third kappa shape index (κ3) is 3.31. The van der Waals surface area contributed by atoms with E-state index in [1.807, 2.05) is 43.3 Å². The van der Waals surface area contributed by atoms with Gasteiger partial charge < -0.3 is 9.84 Å². The molecule has 0 saturated heterocycles. The summed E-state index contributed by atoms with van der Waals surface area (Å²) < 4.78 is 5.63. The molecule has 18 heavy (non-hydrogen) atoms. The van der Waals surface area contributed by atoms with Crippen LogP contribution in [0, 0.1) is 6.92 Å². The van der Waals surface area contributed by atoms with Crippen LogP contribution in [-0.2, 0) is 13.0 Å². The van der Waals surface area contributed by atoms with Crippen LogP contribution in [0.15, 0.2) is 42.6 Å². The van der Waals surface area contributed by atoms with E-state index in [2.05, 4.69) is 4.98 Å². The standard InChI is InChI=1S/C15H17NO2/c1-12-9-15(16-10-14(12)7-8-17)18-11-13-5-3-2-4-6-13/h2-6,9-10,17H,7-8,11H2,1H3. The molecule has 0 bridgehead atoms. The van der Waals surface area contributed by atoms with Gasteiger partial charge in [0.15, 0.2) is 0 Å². The Morgan fingerprint density at radius 2 is 2.00 bits per heavy atom. The summed E-state index contributed by atoms with van der Waals surface area (Å²) >= 11 is 0. The molecule has 0 unspecified atom stereocenters. The average Bonchev–Trinajstić information content (AvgIpc) is 2.41. The summed E-state index contributed by atoms with van der Waals surface area (Å²) in [6.07, 6.45) is 2.41. The third-order valence-corrected chi connectivity index (χ3v) is 2.80. The fraction of sp³-hybridized carbons (Fsp3) is 0.267. The van der Waals surface area contributed by atoms with Crippen LogP contribution in [0.3, 0.4) is 0 Å². The Labute approximate surface area is 107 Å². The van der Waals surface area contributed by atoms with Gasteiger partial charge in [-0.2, -0.15) is 0 Å². The predicted molar refractivity (Wildman–Crippen MR) is 70.5 cm³/mol. The zero-order valence-electron chi connectivity index (χ0n) is 10.5. The summed E-state index contributed by atoms with van der Waals surface area (Å²) in [6, 6.07) is 11.9. The maximum absolute atomic E-state index is 8.91. The lowest BCUT2D eigenvalue weighted by Gasteiger charge is -2.08. The number of nitrogens with zero attached hydrogens (tertiary/aromatic N) is 1. The van der Waals surface area contributed by atoms with E-state index in [9.17, 15) is 0 Å². The van der Waals surface area contributed by atoms with Crippen molar-refractivity contribution < 1.29 is 9.84 Å². The molecule has 0 fully saturated rings. The molecule has 1 N–H and O–H groups in total. The highest BCUT2D eigenvalue weighted by atomic mass is 16.5. The lowest BCUT2D eigenvalue weighted by molar-refractivity contribution is 0.291. The van der Waals surface area contributed by atoms with Crippen molar-refractivity contribution >= 4 is 0 Å². The molecule has 3 heteroatoms. The van der Waals surface area contributed by atoms with Gasteiger partial charge in [-0.25, -0.2) is 4.98 Å². The lowest BCUT2D eigenvalue weighted by atomic mass is 10.1. The fourth-order valence-electron chi connectivity index (χ4n) is 1.75. The number of pyridine rings is 1. The zero-order valence-corrected chi connectivity index (χ0v) is 10.5. The molecule has 1 heterocycles. The number of aromatic nitrogens is 1. The van der Waals surface area contributed by atoms with Crippen LogP contribution in [0.1, 0.15) is 16.7 Å². The fourth-order valence-corrected chi connectivity index (χ4v) is 1.75. The van der Waals surface area contributed by atoms with Crippen molar-refractivity contribution in [1.29, 1.82) is 0 Å². The van der Waals surface area contributed by atoms with Gasteiger partial charge in [0.1, 0.15) is 6.61 Å². The number of hydrogen-bond acceptors (Lipinski definition) is 3. The molecule has 94 valence electrons. The second-order valence-electron chi connectivity index (χ2n) is 4.20. The molecule has 1 aromatic heterocycles. The molecule has 1 aromatic carbocycles. The van der Waals surface area contributed by atoms with Crippen molar-refractivity contribution in [3.05, 3.63) is 59.3 Å². The van der Waals surface area contributed by atoms with E-state index in [1.165, 1.54) is 0 Å². The van der Waals surface area contributed by atoms with Gasteiger partial charge in [-0.05, 0) is 30.0 Å². The van der Waals surface area contributed by atoms with Crippen molar-refractivity contribution in [3.63, 3.8) is 0 Å². The van der Waals surface area contributed by atoms with Gasteiger partial charge in [0.25, 0.3) is 0 Å². The summed E-state index contributed by atoms with van der Waals surface area (Å²) in [6.45, 7) is 2.67. The summed E-state index contributed by atoms with van der Waals surface area (Å²) in [4.78, 5) is 4.24. The van der Waals surface area contributed by atoms with E-state index in [4.69, 9.17) is 9.84 Å². The monoisotopic (exact) mass is 243 g/mol. The van der Waals surface area contributed by atoms with Gasteiger partial charge in [0, 0.05) is 18.9 Å². The average molecular weight is 243 g/mol. The first-order valence-electron chi connectivity index (χ1n) is 6.02. The van der Waals surface area contributed by atoms with Crippen LogP contribution < -0.4 is 4.74 Å². The van der Waals surface area contributed by atoms with E-state index < -0.39 is 0 Å². The molecule has 0 radical (unpaired) electrons. The van der Waals surface area contributed by atoms with Crippen molar-refractivity contribution in [3.8, 4) is 5.88 Å². The van der Waals surface area contributed by atoms with Crippen molar-refractivity contribution in [2.45, 2.75) is 20.0 Å². The number of aryl methyl sites for hydroxylation is 1. The van der Waals surface area contributed by atoms with Gasteiger partial charge in [-0.15, -0.1) is 0 Å². The number of aliphatic hydroxyl groups excluding tert-OH is 1. The highest BCUT2D eigenvalue weighted by Crippen LogP contribution is 2.15. The molecule has 0 aliphatic rings. The van der Waals surface area contributed by atoms with Crippen molar-refractivity contribution in [2.24, 2.45) is 0 Å². The van der Waals surface area contributed by atoms with E-state index in [0.717, 1.165) is 16.7 Å². The molecular formula is C15H17NO2. The first kappa shape index (κ1) is 12.6. The Kier molecular flexibility index (Phi) is 4.31. The second-order valence-corrected chi connectivity index (χ2v) is 4.20. The molecule has 0 saturated carbocycles. The number of hydrogen-bond donors (Lipinski definition) is 1. The largest absolute Gasteiger partial charge is 0.473 e. The molecular weight excluding hydrogens is 226 g/mol. The number of benzene rings is 1. The van der Waals surface area contributed by atoms with E-state index in [1.54, 1.807) is 6.20 Å². The predicted octanol–water partition coefficient (Wildman–Crippen LogP) is 2.50. The van der Waals surface area contributed by atoms with Gasteiger partial charge in [0.2, 0.25) is 5.88 Å². The minimum Gasteiger partial charge on any atom is -0.473 e. The van der Waals surface area contributed by atoms with E-state index in [0.29, 0.717) is 18.9 Å². The van der Waals surface area contributed by atoms with Crippen LogP contribution in [0.4, 0.5) is 0 Å². The summed E-state index contributed by atoms with van der Waals surface area (Å²) in [7, 11) is 0. The van der Waals surface area contributed by atoms with E-state index >= 15 is 0 Å². The molecule has 0 atom stereocenters. The minimum absolute atomic E-state index is 0.146. The van der Waals surface area contributed by atoms with Crippen LogP contribution in [0.2, 0.25) is 0 Å². The van der Waals surface area contributed by atoms with Gasteiger partial charge in [0.05, 0.1) is 0 Å². The molecule has 0 spiro atoms. The van der Waals surface area contributed by atoms with Crippen molar-refractivity contribution in [2.75, 3.05) is 6.61 Å². The first-order chi connectivity index (χ1) is 8.79.